The summed E-state index contributed by atoms with van der Waals surface area (Å²) in [6.07, 6.45) is 3.72. The number of benzene rings is 2. The van der Waals surface area contributed by atoms with Gasteiger partial charge in [0, 0.05) is 17.2 Å². The maximum Gasteiger partial charge on any atom is 0.200 e. The summed E-state index contributed by atoms with van der Waals surface area (Å²) in [5.74, 6) is 2.34. The first-order valence-corrected chi connectivity index (χ1v) is 7.14. The van der Waals surface area contributed by atoms with E-state index in [1.54, 1.807) is 49.6 Å². The minimum atomic E-state index is -0.119. The Morgan fingerprint density at radius 3 is 2.83 bits per heavy atom. The second-order valence-corrected chi connectivity index (χ2v) is 5.05. The van der Waals surface area contributed by atoms with Crippen LogP contribution in [0.15, 0.2) is 60.9 Å². The number of ether oxygens (including phenoxy) is 3. The number of carbonyl (C=O) groups excluding carboxylic acids is 1. The summed E-state index contributed by atoms with van der Waals surface area (Å²) in [7, 11) is 1.56. The van der Waals surface area contributed by atoms with Crippen molar-refractivity contribution in [2.75, 3.05) is 13.7 Å². The highest BCUT2D eigenvalue weighted by Gasteiger charge is 2.11. The third kappa shape index (κ3) is 3.43. The number of allylic oxidation sites excluding steroid dienone is 1. The van der Waals surface area contributed by atoms with E-state index in [1.165, 1.54) is 0 Å². The Bertz CT molecular complexity index is 790. The molecule has 3 rings (SSSR count). The number of Topliss-reactive ketones (excluding diaryl/α,β-unsaturated/α-hetero) is 1. The molecule has 0 aromatic heterocycles. The van der Waals surface area contributed by atoms with E-state index < -0.39 is 0 Å². The van der Waals surface area contributed by atoms with E-state index in [-0.39, 0.29) is 12.4 Å². The first kappa shape index (κ1) is 14.9. The van der Waals surface area contributed by atoms with Crippen LogP contribution in [0.2, 0.25) is 0 Å². The lowest BCUT2D eigenvalue weighted by atomic mass is 10.1. The molecule has 0 radical (unpaired) electrons. The Labute approximate surface area is 134 Å². The number of carbonyl (C=O) groups is 1. The van der Waals surface area contributed by atoms with E-state index in [2.05, 4.69) is 6.58 Å². The van der Waals surface area contributed by atoms with Gasteiger partial charge in [0.15, 0.2) is 12.4 Å². The van der Waals surface area contributed by atoms with Crippen LogP contribution in [0, 0.1) is 0 Å². The van der Waals surface area contributed by atoms with Crippen molar-refractivity contribution < 1.29 is 19.0 Å². The SMILES string of the molecule is C=C1C=Cc2ccc(OCC(=O)c3cccc(OC)c3)cc2O1. The Kier molecular flexibility index (Phi) is 4.15. The second-order valence-electron chi connectivity index (χ2n) is 5.05. The van der Waals surface area contributed by atoms with E-state index in [1.807, 2.05) is 12.1 Å². The van der Waals surface area contributed by atoms with Crippen LogP contribution in [0.5, 0.6) is 17.2 Å². The predicted molar refractivity (Wildman–Crippen MR) is 88.1 cm³/mol. The summed E-state index contributed by atoms with van der Waals surface area (Å²) in [5.41, 5.74) is 1.50. The number of hydrogen-bond donors (Lipinski definition) is 0. The summed E-state index contributed by atoms with van der Waals surface area (Å²) in [5, 5.41) is 0. The number of rotatable bonds is 5. The van der Waals surface area contributed by atoms with Gasteiger partial charge in [0.2, 0.25) is 0 Å². The summed E-state index contributed by atoms with van der Waals surface area (Å²) in [6.45, 7) is 3.70. The highest BCUT2D eigenvalue weighted by atomic mass is 16.5. The Morgan fingerprint density at radius 2 is 2.00 bits per heavy atom. The zero-order valence-corrected chi connectivity index (χ0v) is 12.7. The van der Waals surface area contributed by atoms with Gasteiger partial charge < -0.3 is 14.2 Å². The number of ketones is 1. The lowest BCUT2D eigenvalue weighted by Crippen LogP contribution is -2.11. The summed E-state index contributed by atoms with van der Waals surface area (Å²) >= 11 is 0. The van der Waals surface area contributed by atoms with Gasteiger partial charge in [-0.25, -0.2) is 0 Å². The van der Waals surface area contributed by atoms with Crippen LogP contribution in [0.3, 0.4) is 0 Å². The Hall–Kier alpha value is -3.01. The zero-order valence-electron chi connectivity index (χ0n) is 12.7. The molecule has 1 aliphatic rings. The maximum atomic E-state index is 12.2. The van der Waals surface area contributed by atoms with Crippen LogP contribution in [0.25, 0.3) is 6.08 Å². The van der Waals surface area contributed by atoms with Gasteiger partial charge in [0.05, 0.1) is 7.11 Å². The lowest BCUT2D eigenvalue weighted by Gasteiger charge is -2.15. The number of hydrogen-bond acceptors (Lipinski definition) is 4. The van der Waals surface area contributed by atoms with E-state index in [9.17, 15) is 4.79 Å². The van der Waals surface area contributed by atoms with Crippen LogP contribution in [0.1, 0.15) is 15.9 Å². The molecular formula is C19H16O4. The van der Waals surface area contributed by atoms with E-state index in [0.717, 1.165) is 5.56 Å². The van der Waals surface area contributed by atoms with Gasteiger partial charge in [-0.2, -0.15) is 0 Å². The van der Waals surface area contributed by atoms with Gasteiger partial charge in [-0.15, -0.1) is 0 Å². The molecule has 0 bridgehead atoms. The van der Waals surface area contributed by atoms with Crippen molar-refractivity contribution in [2.24, 2.45) is 0 Å². The minimum Gasteiger partial charge on any atom is -0.497 e. The molecule has 0 N–H and O–H groups in total. The molecule has 0 spiro atoms. The molecular weight excluding hydrogens is 292 g/mol. The standard InChI is InChI=1S/C19H16O4/c1-13-6-7-14-8-9-17(11-19(14)23-13)22-12-18(20)15-4-3-5-16(10-15)21-2/h3-11H,1,12H2,2H3. The van der Waals surface area contributed by atoms with E-state index >= 15 is 0 Å². The van der Waals surface area contributed by atoms with Crippen molar-refractivity contribution in [1.82, 2.24) is 0 Å². The normalized spacial score (nSPS) is 12.3. The molecule has 4 heteroatoms. The molecule has 0 amide bonds. The third-order valence-corrected chi connectivity index (χ3v) is 3.44. The molecule has 2 aromatic rings. The molecule has 4 nitrogen and oxygen atoms in total. The lowest BCUT2D eigenvalue weighted by molar-refractivity contribution is 0.0921. The molecule has 0 saturated heterocycles. The van der Waals surface area contributed by atoms with Gasteiger partial charge in [-0.05, 0) is 36.4 Å². The molecule has 1 aliphatic heterocycles. The van der Waals surface area contributed by atoms with Crippen LogP contribution >= 0.6 is 0 Å². The fourth-order valence-electron chi connectivity index (χ4n) is 2.22. The van der Waals surface area contributed by atoms with E-state index in [4.69, 9.17) is 14.2 Å². The molecule has 2 aromatic carbocycles. The monoisotopic (exact) mass is 308 g/mol. The highest BCUT2D eigenvalue weighted by Crippen LogP contribution is 2.30. The predicted octanol–water partition coefficient (Wildman–Crippen LogP) is 3.88. The molecule has 116 valence electrons. The van der Waals surface area contributed by atoms with Crippen LogP contribution in [-0.4, -0.2) is 19.5 Å². The van der Waals surface area contributed by atoms with Crippen LogP contribution in [0.4, 0.5) is 0 Å². The van der Waals surface area contributed by atoms with Crippen molar-refractivity contribution in [1.29, 1.82) is 0 Å². The van der Waals surface area contributed by atoms with Crippen LogP contribution in [-0.2, 0) is 0 Å². The summed E-state index contributed by atoms with van der Waals surface area (Å²) < 4.78 is 16.2. The van der Waals surface area contributed by atoms with Crippen LogP contribution < -0.4 is 14.2 Å². The Balaban J connectivity index is 1.68. The molecule has 0 unspecified atom stereocenters. The quantitative estimate of drug-likeness (QED) is 0.786. The summed E-state index contributed by atoms with van der Waals surface area (Å²) in [6, 6.07) is 12.4. The first-order chi connectivity index (χ1) is 11.2. The fourth-order valence-corrected chi connectivity index (χ4v) is 2.22. The molecule has 0 saturated carbocycles. The van der Waals surface area contributed by atoms with Gasteiger partial charge in [-0.3, -0.25) is 4.79 Å². The van der Waals surface area contributed by atoms with Crippen molar-refractivity contribution >= 4 is 11.9 Å². The molecule has 0 aliphatic carbocycles. The molecule has 23 heavy (non-hydrogen) atoms. The minimum absolute atomic E-state index is 0.0528. The third-order valence-electron chi connectivity index (χ3n) is 3.44. The molecule has 1 heterocycles. The average Bonchev–Trinajstić information content (AvgIpc) is 2.59. The van der Waals surface area contributed by atoms with Crippen molar-refractivity contribution in [3.8, 4) is 17.2 Å². The second kappa shape index (κ2) is 6.40. The van der Waals surface area contributed by atoms with Gasteiger partial charge in [0.1, 0.15) is 23.0 Å². The average molecular weight is 308 g/mol. The molecule has 0 atom stereocenters. The highest BCUT2D eigenvalue weighted by molar-refractivity contribution is 5.97. The number of methoxy groups -OCH3 is 1. The smallest absolute Gasteiger partial charge is 0.200 e. The fraction of sp³-hybridized carbons (Fsp3) is 0.105. The maximum absolute atomic E-state index is 12.2. The van der Waals surface area contributed by atoms with Gasteiger partial charge in [-0.1, -0.05) is 18.7 Å². The summed E-state index contributed by atoms with van der Waals surface area (Å²) in [4.78, 5) is 12.2. The van der Waals surface area contributed by atoms with Crippen molar-refractivity contribution in [2.45, 2.75) is 0 Å². The molecule has 0 fully saturated rings. The van der Waals surface area contributed by atoms with Crippen molar-refractivity contribution in [3.05, 3.63) is 72.0 Å². The Morgan fingerprint density at radius 1 is 1.13 bits per heavy atom. The van der Waals surface area contributed by atoms with Gasteiger partial charge in [0.25, 0.3) is 0 Å². The largest absolute Gasteiger partial charge is 0.497 e. The zero-order chi connectivity index (χ0) is 16.2. The van der Waals surface area contributed by atoms with Crippen molar-refractivity contribution in [3.63, 3.8) is 0 Å². The van der Waals surface area contributed by atoms with Gasteiger partial charge >= 0.3 is 0 Å². The first-order valence-electron chi connectivity index (χ1n) is 7.14. The number of fused-ring (bicyclic) bond motifs is 1. The van der Waals surface area contributed by atoms with E-state index in [0.29, 0.717) is 28.6 Å². The topological polar surface area (TPSA) is 44.8 Å².